The molecule has 0 saturated heterocycles. The van der Waals surface area contributed by atoms with Crippen LogP contribution in [0.25, 0.3) is 10.2 Å². The Hall–Kier alpha value is -2.31. The van der Waals surface area contributed by atoms with E-state index in [1.54, 1.807) is 36.5 Å². The van der Waals surface area contributed by atoms with E-state index in [-0.39, 0.29) is 11.6 Å². The zero-order valence-electron chi connectivity index (χ0n) is 13.5. The van der Waals surface area contributed by atoms with Crippen LogP contribution in [0.1, 0.15) is 11.9 Å². The number of hydrogen-bond acceptors (Lipinski definition) is 4. The van der Waals surface area contributed by atoms with Gasteiger partial charge in [-0.05, 0) is 38.2 Å². The third-order valence-corrected chi connectivity index (χ3v) is 4.92. The van der Waals surface area contributed by atoms with Gasteiger partial charge in [0.15, 0.2) is 0 Å². The maximum atomic E-state index is 13.6. The zero-order chi connectivity index (χ0) is 17.1. The molecule has 0 aliphatic rings. The standard InChI is InChI=1S/C18H18FN3OS/c1-12(18(23)21-14-8-4-3-7-13(14)19)22(2)11-17-20-15-9-5-6-10-16(15)24-17/h3-10,12H,11H2,1-2H3,(H,21,23)/t12-/m0/s1. The van der Waals surface area contributed by atoms with Crippen molar-refractivity contribution < 1.29 is 9.18 Å². The van der Waals surface area contributed by atoms with Crippen LogP contribution in [0.15, 0.2) is 48.5 Å². The van der Waals surface area contributed by atoms with Crippen molar-refractivity contribution in [2.24, 2.45) is 0 Å². The van der Waals surface area contributed by atoms with Gasteiger partial charge >= 0.3 is 0 Å². The van der Waals surface area contributed by atoms with Gasteiger partial charge in [0.1, 0.15) is 10.8 Å². The number of carbonyl (C=O) groups excluding carboxylic acids is 1. The van der Waals surface area contributed by atoms with Crippen LogP contribution < -0.4 is 5.32 Å². The van der Waals surface area contributed by atoms with Crippen LogP contribution in [0, 0.1) is 5.82 Å². The predicted octanol–water partition coefficient (Wildman–Crippen LogP) is 3.89. The average molecular weight is 343 g/mol. The highest BCUT2D eigenvalue weighted by molar-refractivity contribution is 7.18. The van der Waals surface area contributed by atoms with E-state index >= 15 is 0 Å². The van der Waals surface area contributed by atoms with Gasteiger partial charge in [0.05, 0.1) is 28.5 Å². The molecule has 0 aliphatic carbocycles. The first-order chi connectivity index (χ1) is 11.5. The van der Waals surface area contributed by atoms with Crippen molar-refractivity contribution in [1.29, 1.82) is 0 Å². The van der Waals surface area contributed by atoms with Crippen LogP contribution in [0.3, 0.4) is 0 Å². The summed E-state index contributed by atoms with van der Waals surface area (Å²) in [5, 5.41) is 3.58. The van der Waals surface area contributed by atoms with E-state index in [1.807, 2.05) is 36.2 Å². The Labute approximate surface area is 143 Å². The SMILES string of the molecule is C[C@@H](C(=O)Nc1ccccc1F)N(C)Cc1nc2ccccc2s1. The fourth-order valence-electron chi connectivity index (χ4n) is 2.34. The fourth-order valence-corrected chi connectivity index (χ4v) is 3.37. The molecule has 124 valence electrons. The molecule has 1 atom stereocenters. The number of thiazole rings is 1. The third-order valence-electron chi connectivity index (χ3n) is 3.90. The molecule has 0 bridgehead atoms. The molecule has 1 heterocycles. The van der Waals surface area contributed by atoms with Crippen molar-refractivity contribution in [2.75, 3.05) is 12.4 Å². The molecule has 0 aliphatic heterocycles. The number of nitrogens with zero attached hydrogens (tertiary/aromatic N) is 2. The summed E-state index contributed by atoms with van der Waals surface area (Å²) >= 11 is 1.62. The molecule has 0 saturated carbocycles. The molecular weight excluding hydrogens is 325 g/mol. The lowest BCUT2D eigenvalue weighted by Gasteiger charge is -2.22. The number of hydrogen-bond donors (Lipinski definition) is 1. The lowest BCUT2D eigenvalue weighted by molar-refractivity contribution is -0.120. The van der Waals surface area contributed by atoms with Gasteiger partial charge in [0.2, 0.25) is 5.91 Å². The zero-order valence-corrected chi connectivity index (χ0v) is 14.3. The minimum absolute atomic E-state index is 0.197. The van der Waals surface area contributed by atoms with E-state index in [4.69, 9.17) is 0 Å². The van der Waals surface area contributed by atoms with Gasteiger partial charge in [-0.3, -0.25) is 9.69 Å². The highest BCUT2D eigenvalue weighted by Gasteiger charge is 2.20. The number of fused-ring (bicyclic) bond motifs is 1. The van der Waals surface area contributed by atoms with Crippen molar-refractivity contribution in [3.05, 3.63) is 59.4 Å². The minimum atomic E-state index is -0.438. The van der Waals surface area contributed by atoms with Crippen LogP contribution >= 0.6 is 11.3 Å². The highest BCUT2D eigenvalue weighted by Crippen LogP contribution is 2.23. The van der Waals surface area contributed by atoms with Gasteiger partial charge in [-0.2, -0.15) is 0 Å². The maximum absolute atomic E-state index is 13.6. The van der Waals surface area contributed by atoms with E-state index in [0.29, 0.717) is 6.54 Å². The minimum Gasteiger partial charge on any atom is -0.322 e. The summed E-state index contributed by atoms with van der Waals surface area (Å²) in [6.45, 7) is 2.36. The molecule has 6 heteroatoms. The Morgan fingerprint density at radius 3 is 2.71 bits per heavy atom. The van der Waals surface area contributed by atoms with E-state index in [0.717, 1.165) is 15.2 Å². The number of halogens is 1. The molecule has 24 heavy (non-hydrogen) atoms. The summed E-state index contributed by atoms with van der Waals surface area (Å²) in [4.78, 5) is 18.8. The Balaban J connectivity index is 1.66. The summed E-state index contributed by atoms with van der Waals surface area (Å²) in [7, 11) is 1.86. The number of amides is 1. The monoisotopic (exact) mass is 343 g/mol. The summed E-state index contributed by atoms with van der Waals surface area (Å²) < 4.78 is 14.8. The van der Waals surface area contributed by atoms with Gasteiger partial charge in [0, 0.05) is 0 Å². The second kappa shape index (κ2) is 7.07. The van der Waals surface area contributed by atoms with Gasteiger partial charge < -0.3 is 5.32 Å². The van der Waals surface area contributed by atoms with Crippen LogP contribution in [0.5, 0.6) is 0 Å². The normalized spacial score (nSPS) is 12.5. The molecular formula is C18H18FN3OS. The van der Waals surface area contributed by atoms with Crippen molar-refractivity contribution in [2.45, 2.75) is 19.5 Å². The summed E-state index contributed by atoms with van der Waals surface area (Å²) in [6.07, 6.45) is 0. The molecule has 4 nitrogen and oxygen atoms in total. The average Bonchev–Trinajstić information content (AvgIpc) is 2.98. The molecule has 0 unspecified atom stereocenters. The number of nitrogens with one attached hydrogen (secondary N) is 1. The van der Waals surface area contributed by atoms with Gasteiger partial charge in [-0.1, -0.05) is 24.3 Å². The molecule has 2 aromatic carbocycles. The quantitative estimate of drug-likeness (QED) is 0.764. The van der Waals surface area contributed by atoms with E-state index in [2.05, 4.69) is 10.3 Å². The number of aromatic nitrogens is 1. The lowest BCUT2D eigenvalue weighted by Crippen LogP contribution is -2.39. The first kappa shape index (κ1) is 16.5. The number of likely N-dealkylation sites (N-methyl/N-ethyl adjacent to an activating group) is 1. The van der Waals surface area contributed by atoms with Crippen molar-refractivity contribution in [3.8, 4) is 0 Å². The van der Waals surface area contributed by atoms with Crippen LogP contribution in [-0.2, 0) is 11.3 Å². The molecule has 0 radical (unpaired) electrons. The molecule has 0 spiro atoms. The highest BCUT2D eigenvalue weighted by atomic mass is 32.1. The molecule has 1 N–H and O–H groups in total. The van der Waals surface area contributed by atoms with E-state index in [9.17, 15) is 9.18 Å². The Kier molecular flexibility index (Phi) is 4.87. The number of anilines is 1. The van der Waals surface area contributed by atoms with Crippen LogP contribution in [0.2, 0.25) is 0 Å². The summed E-state index contributed by atoms with van der Waals surface area (Å²) in [6, 6.07) is 13.7. The molecule has 0 fully saturated rings. The first-order valence-electron chi connectivity index (χ1n) is 7.64. The second-order valence-electron chi connectivity index (χ2n) is 5.64. The number of benzene rings is 2. The van der Waals surface area contributed by atoms with Crippen molar-refractivity contribution in [1.82, 2.24) is 9.88 Å². The fraction of sp³-hybridized carbons (Fsp3) is 0.222. The van der Waals surface area contributed by atoms with Crippen LogP contribution in [0.4, 0.5) is 10.1 Å². The predicted molar refractivity (Wildman–Crippen MR) is 95.6 cm³/mol. The second-order valence-corrected chi connectivity index (χ2v) is 6.75. The Morgan fingerprint density at radius 1 is 1.25 bits per heavy atom. The Bertz CT molecular complexity index is 831. The molecule has 1 aromatic heterocycles. The first-order valence-corrected chi connectivity index (χ1v) is 8.46. The molecule has 3 aromatic rings. The van der Waals surface area contributed by atoms with Crippen LogP contribution in [-0.4, -0.2) is 28.9 Å². The molecule has 1 amide bonds. The maximum Gasteiger partial charge on any atom is 0.241 e. The Morgan fingerprint density at radius 2 is 1.96 bits per heavy atom. The van der Waals surface area contributed by atoms with Gasteiger partial charge in [0.25, 0.3) is 0 Å². The number of para-hydroxylation sites is 2. The topological polar surface area (TPSA) is 45.2 Å². The number of carbonyl (C=O) groups is 1. The van der Waals surface area contributed by atoms with Gasteiger partial charge in [-0.25, -0.2) is 9.37 Å². The van der Waals surface area contributed by atoms with E-state index in [1.165, 1.54) is 6.07 Å². The largest absolute Gasteiger partial charge is 0.322 e. The van der Waals surface area contributed by atoms with E-state index < -0.39 is 11.9 Å². The van der Waals surface area contributed by atoms with Gasteiger partial charge in [-0.15, -0.1) is 11.3 Å². The summed E-state index contributed by atoms with van der Waals surface area (Å²) in [5.41, 5.74) is 1.16. The van der Waals surface area contributed by atoms with Crippen molar-refractivity contribution in [3.63, 3.8) is 0 Å². The van der Waals surface area contributed by atoms with Crippen molar-refractivity contribution >= 4 is 33.1 Å². The smallest absolute Gasteiger partial charge is 0.241 e. The summed E-state index contributed by atoms with van der Waals surface area (Å²) in [5.74, 6) is -0.685. The third kappa shape index (κ3) is 3.60. The number of rotatable bonds is 5. The molecule has 3 rings (SSSR count). The lowest BCUT2D eigenvalue weighted by atomic mass is 10.2.